The summed E-state index contributed by atoms with van der Waals surface area (Å²) in [5, 5.41) is 2.60. The number of rotatable bonds is 5. The van der Waals surface area contributed by atoms with Gasteiger partial charge in [0.1, 0.15) is 5.76 Å². The second kappa shape index (κ2) is 6.87. The molecule has 0 radical (unpaired) electrons. The Kier molecular flexibility index (Phi) is 5.10. The first-order valence-corrected chi connectivity index (χ1v) is 6.98. The summed E-state index contributed by atoms with van der Waals surface area (Å²) in [6, 6.07) is 7.44. The third kappa shape index (κ3) is 4.59. The van der Waals surface area contributed by atoms with Crippen molar-refractivity contribution >= 4 is 11.6 Å². The summed E-state index contributed by atoms with van der Waals surface area (Å²) in [7, 11) is 1.76. The predicted octanol–water partition coefficient (Wildman–Crippen LogP) is 3.76. The molecule has 0 aliphatic rings. The van der Waals surface area contributed by atoms with Crippen LogP contribution in [0.2, 0.25) is 0 Å². The summed E-state index contributed by atoms with van der Waals surface area (Å²) in [5.41, 5.74) is -0.431. The molecule has 0 bridgehead atoms. The Morgan fingerprint density at radius 2 is 1.91 bits per heavy atom. The number of nitrogens with zero attached hydrogens (tertiary/aromatic N) is 1. The first-order chi connectivity index (χ1) is 10.8. The van der Waals surface area contributed by atoms with E-state index >= 15 is 0 Å². The monoisotopic (exact) mass is 326 g/mol. The quantitative estimate of drug-likeness (QED) is 0.910. The lowest BCUT2D eigenvalue weighted by molar-refractivity contribution is -0.137. The van der Waals surface area contributed by atoms with Crippen LogP contribution in [0.3, 0.4) is 0 Å². The second-order valence-corrected chi connectivity index (χ2v) is 5.23. The molecule has 0 saturated carbocycles. The van der Waals surface area contributed by atoms with Gasteiger partial charge in [-0.15, -0.1) is 0 Å². The Bertz CT molecular complexity index is 636. The van der Waals surface area contributed by atoms with Gasteiger partial charge in [0, 0.05) is 5.69 Å². The molecule has 0 fully saturated rings. The molecule has 23 heavy (non-hydrogen) atoms. The SMILES string of the molecule is C[C@H](C(=O)Nc1ccc(C(F)(F)F)cc1)N(C)Cc1ccco1. The highest BCUT2D eigenvalue weighted by molar-refractivity contribution is 5.94. The average Bonchev–Trinajstić information content (AvgIpc) is 2.98. The van der Waals surface area contributed by atoms with E-state index in [1.54, 1.807) is 37.3 Å². The van der Waals surface area contributed by atoms with Gasteiger partial charge in [-0.1, -0.05) is 0 Å². The maximum Gasteiger partial charge on any atom is 0.416 e. The molecule has 0 unspecified atom stereocenters. The number of amides is 1. The lowest BCUT2D eigenvalue weighted by Gasteiger charge is -2.23. The van der Waals surface area contributed by atoms with Gasteiger partial charge in [0.15, 0.2) is 0 Å². The number of halogens is 3. The van der Waals surface area contributed by atoms with Crippen LogP contribution in [0.1, 0.15) is 18.2 Å². The molecule has 1 amide bonds. The molecule has 7 heteroatoms. The van der Waals surface area contributed by atoms with Crippen molar-refractivity contribution in [3.05, 3.63) is 54.0 Å². The summed E-state index contributed by atoms with van der Waals surface area (Å²) >= 11 is 0. The molecule has 2 aromatic rings. The van der Waals surface area contributed by atoms with Crippen LogP contribution < -0.4 is 5.32 Å². The highest BCUT2D eigenvalue weighted by Crippen LogP contribution is 2.29. The minimum atomic E-state index is -4.39. The molecule has 2 rings (SSSR count). The number of furan rings is 1. The zero-order chi connectivity index (χ0) is 17.0. The maximum absolute atomic E-state index is 12.5. The Morgan fingerprint density at radius 3 is 2.43 bits per heavy atom. The van der Waals surface area contributed by atoms with Gasteiger partial charge < -0.3 is 9.73 Å². The molecule has 0 aliphatic heterocycles. The van der Waals surface area contributed by atoms with Crippen molar-refractivity contribution < 1.29 is 22.4 Å². The van der Waals surface area contributed by atoms with Crippen LogP contribution in [-0.4, -0.2) is 23.9 Å². The van der Waals surface area contributed by atoms with Crippen LogP contribution >= 0.6 is 0 Å². The molecule has 1 aromatic heterocycles. The van der Waals surface area contributed by atoms with E-state index in [9.17, 15) is 18.0 Å². The van der Waals surface area contributed by atoms with E-state index in [2.05, 4.69) is 5.32 Å². The molecular weight excluding hydrogens is 309 g/mol. The van der Waals surface area contributed by atoms with Crippen LogP contribution in [0.4, 0.5) is 18.9 Å². The summed E-state index contributed by atoms with van der Waals surface area (Å²) in [6.45, 7) is 2.16. The molecule has 0 saturated heterocycles. The van der Waals surface area contributed by atoms with Gasteiger partial charge in [-0.3, -0.25) is 9.69 Å². The fourth-order valence-electron chi connectivity index (χ4n) is 1.97. The number of carbonyl (C=O) groups is 1. The van der Waals surface area contributed by atoms with Gasteiger partial charge in [0.05, 0.1) is 24.4 Å². The number of hydrogen-bond acceptors (Lipinski definition) is 3. The van der Waals surface area contributed by atoms with Gasteiger partial charge in [-0.05, 0) is 50.4 Å². The number of carbonyl (C=O) groups excluding carboxylic acids is 1. The smallest absolute Gasteiger partial charge is 0.416 e. The Balaban J connectivity index is 1.95. The largest absolute Gasteiger partial charge is 0.468 e. The maximum atomic E-state index is 12.5. The number of anilines is 1. The standard InChI is InChI=1S/C16H17F3N2O2/c1-11(21(2)10-14-4-3-9-23-14)15(22)20-13-7-5-12(6-8-13)16(17,18)19/h3-9,11H,10H2,1-2H3,(H,20,22)/t11-/m1/s1. The molecule has 124 valence electrons. The minimum Gasteiger partial charge on any atom is -0.468 e. The van der Waals surface area contributed by atoms with E-state index in [0.717, 1.165) is 17.9 Å². The highest BCUT2D eigenvalue weighted by atomic mass is 19.4. The average molecular weight is 326 g/mol. The molecule has 4 nitrogen and oxygen atoms in total. The second-order valence-electron chi connectivity index (χ2n) is 5.23. The molecule has 0 aliphatic carbocycles. The van der Waals surface area contributed by atoms with E-state index in [-0.39, 0.29) is 5.91 Å². The third-order valence-electron chi connectivity index (χ3n) is 3.51. The van der Waals surface area contributed by atoms with E-state index < -0.39 is 17.8 Å². The molecule has 0 spiro atoms. The normalized spacial score (nSPS) is 13.1. The fourth-order valence-corrected chi connectivity index (χ4v) is 1.97. The van der Waals surface area contributed by atoms with Gasteiger partial charge in [0.2, 0.25) is 5.91 Å². The molecular formula is C16H17F3N2O2. The van der Waals surface area contributed by atoms with Gasteiger partial charge >= 0.3 is 6.18 Å². The van der Waals surface area contributed by atoms with Crippen molar-refractivity contribution in [2.75, 3.05) is 12.4 Å². The fraction of sp³-hybridized carbons (Fsp3) is 0.312. The van der Waals surface area contributed by atoms with Crippen molar-refractivity contribution in [1.82, 2.24) is 4.90 Å². The molecule has 1 atom stereocenters. The van der Waals surface area contributed by atoms with Crippen molar-refractivity contribution in [2.45, 2.75) is 25.7 Å². The zero-order valence-corrected chi connectivity index (χ0v) is 12.7. The topological polar surface area (TPSA) is 45.5 Å². The lowest BCUT2D eigenvalue weighted by atomic mass is 10.2. The Hall–Kier alpha value is -2.28. The molecule has 1 N–H and O–H groups in total. The van der Waals surface area contributed by atoms with Crippen molar-refractivity contribution in [3.63, 3.8) is 0 Å². The van der Waals surface area contributed by atoms with Crippen molar-refractivity contribution in [2.24, 2.45) is 0 Å². The highest BCUT2D eigenvalue weighted by Gasteiger charge is 2.30. The van der Waals surface area contributed by atoms with Gasteiger partial charge in [-0.25, -0.2) is 0 Å². The summed E-state index contributed by atoms with van der Waals surface area (Å²) in [5.74, 6) is 0.417. The number of nitrogens with one attached hydrogen (secondary N) is 1. The first kappa shape index (κ1) is 17.1. The minimum absolute atomic E-state index is 0.307. The molecule has 1 aromatic carbocycles. The summed E-state index contributed by atoms with van der Waals surface area (Å²) in [4.78, 5) is 13.9. The summed E-state index contributed by atoms with van der Waals surface area (Å²) < 4.78 is 42.7. The predicted molar refractivity (Wildman–Crippen MR) is 79.7 cm³/mol. The first-order valence-electron chi connectivity index (χ1n) is 6.98. The van der Waals surface area contributed by atoms with Crippen molar-refractivity contribution in [1.29, 1.82) is 0 Å². The van der Waals surface area contributed by atoms with E-state index in [1.165, 1.54) is 12.1 Å². The molecule has 1 heterocycles. The Morgan fingerprint density at radius 1 is 1.26 bits per heavy atom. The lowest BCUT2D eigenvalue weighted by Crippen LogP contribution is -2.39. The zero-order valence-electron chi connectivity index (χ0n) is 12.7. The van der Waals surface area contributed by atoms with E-state index in [1.807, 2.05) is 0 Å². The van der Waals surface area contributed by atoms with E-state index in [4.69, 9.17) is 4.42 Å². The van der Waals surface area contributed by atoms with E-state index in [0.29, 0.717) is 12.2 Å². The van der Waals surface area contributed by atoms with Crippen LogP contribution in [0.5, 0.6) is 0 Å². The number of hydrogen-bond donors (Lipinski definition) is 1. The third-order valence-corrected chi connectivity index (χ3v) is 3.51. The van der Waals surface area contributed by atoms with Gasteiger partial charge in [-0.2, -0.15) is 13.2 Å². The van der Waals surface area contributed by atoms with Crippen LogP contribution in [0.25, 0.3) is 0 Å². The number of alkyl halides is 3. The summed E-state index contributed by atoms with van der Waals surface area (Å²) in [6.07, 6.45) is -2.84. The van der Waals surface area contributed by atoms with Gasteiger partial charge in [0.25, 0.3) is 0 Å². The number of likely N-dealkylation sites (N-methyl/N-ethyl adjacent to an activating group) is 1. The number of benzene rings is 1. The van der Waals surface area contributed by atoms with Crippen molar-refractivity contribution in [3.8, 4) is 0 Å². The Labute approximate surface area is 131 Å². The van der Waals surface area contributed by atoms with Crippen LogP contribution in [0.15, 0.2) is 47.1 Å². The van der Waals surface area contributed by atoms with Crippen LogP contribution in [0, 0.1) is 0 Å². The van der Waals surface area contributed by atoms with Crippen LogP contribution in [-0.2, 0) is 17.5 Å².